The normalized spacial score (nSPS) is 11.2. The molecule has 0 spiro atoms. The van der Waals surface area contributed by atoms with Crippen molar-refractivity contribution in [2.75, 3.05) is 11.0 Å². The van der Waals surface area contributed by atoms with Crippen LogP contribution in [-0.2, 0) is 10.0 Å². The fourth-order valence-electron chi connectivity index (χ4n) is 0.636. The second-order valence-corrected chi connectivity index (χ2v) is 3.96. The largest absolute Gasteiger partial charge is 0.265 e. The van der Waals surface area contributed by atoms with Gasteiger partial charge in [0.15, 0.2) is 11.6 Å². The van der Waals surface area contributed by atoms with Crippen molar-refractivity contribution in [3.05, 3.63) is 24.1 Å². The van der Waals surface area contributed by atoms with Gasteiger partial charge in [-0.2, -0.15) is 0 Å². The maximum atomic E-state index is 12.7. The molecule has 0 bridgehead atoms. The summed E-state index contributed by atoms with van der Waals surface area (Å²) in [6, 6.07) is 2.50. The molecule has 66 valence electrons. The Morgan fingerprint density at radius 2 is 2.25 bits per heavy atom. The molecule has 1 N–H and O–H groups in total. The molecular weight excluding hydrogens is 183 g/mol. The van der Waals surface area contributed by atoms with Crippen molar-refractivity contribution in [2.24, 2.45) is 0 Å². The zero-order valence-electron chi connectivity index (χ0n) is 6.28. The molecule has 0 radical (unpaired) electrons. The summed E-state index contributed by atoms with van der Waals surface area (Å²) in [4.78, 5) is 3.50. The van der Waals surface area contributed by atoms with Crippen molar-refractivity contribution >= 4 is 15.8 Å². The van der Waals surface area contributed by atoms with E-state index in [1.54, 1.807) is 0 Å². The number of pyridine rings is 1. The van der Waals surface area contributed by atoms with Gasteiger partial charge >= 0.3 is 0 Å². The smallest absolute Gasteiger partial charge is 0.231 e. The molecule has 0 aromatic carbocycles. The van der Waals surface area contributed by atoms with Gasteiger partial charge in [0.05, 0.1) is 6.26 Å². The summed E-state index contributed by atoms with van der Waals surface area (Å²) in [6.45, 7) is 0. The number of aromatic nitrogens is 1. The van der Waals surface area contributed by atoms with Crippen LogP contribution in [0.25, 0.3) is 0 Å². The van der Waals surface area contributed by atoms with Gasteiger partial charge in [-0.15, -0.1) is 0 Å². The van der Waals surface area contributed by atoms with Crippen molar-refractivity contribution in [1.29, 1.82) is 0 Å². The van der Waals surface area contributed by atoms with Gasteiger partial charge < -0.3 is 0 Å². The molecule has 0 aliphatic carbocycles. The van der Waals surface area contributed by atoms with Crippen LogP contribution in [0.4, 0.5) is 10.2 Å². The van der Waals surface area contributed by atoms with Gasteiger partial charge in [0.1, 0.15) is 0 Å². The molecule has 6 heteroatoms. The van der Waals surface area contributed by atoms with E-state index in [2.05, 4.69) is 4.98 Å². The molecule has 0 aliphatic heterocycles. The Morgan fingerprint density at radius 3 is 2.75 bits per heavy atom. The molecule has 1 heterocycles. The Morgan fingerprint density at radius 1 is 1.58 bits per heavy atom. The lowest BCUT2D eigenvalue weighted by atomic mass is 10.4. The number of nitrogens with one attached hydrogen (secondary N) is 1. The highest BCUT2D eigenvalue weighted by atomic mass is 32.2. The molecule has 0 atom stereocenters. The maximum Gasteiger partial charge on any atom is 0.231 e. The van der Waals surface area contributed by atoms with Crippen LogP contribution in [0.1, 0.15) is 0 Å². The van der Waals surface area contributed by atoms with Crippen LogP contribution in [0.2, 0.25) is 0 Å². The Labute approximate surface area is 69.5 Å². The monoisotopic (exact) mass is 190 g/mol. The minimum absolute atomic E-state index is 0.278. The summed E-state index contributed by atoms with van der Waals surface area (Å²) in [5, 5.41) is 0. The molecule has 1 aromatic heterocycles. The fraction of sp³-hybridized carbons (Fsp3) is 0.167. The summed E-state index contributed by atoms with van der Waals surface area (Å²) in [7, 11) is -3.45. The molecule has 0 amide bonds. The van der Waals surface area contributed by atoms with Crippen LogP contribution in [-0.4, -0.2) is 19.7 Å². The third-order valence-electron chi connectivity index (χ3n) is 1.04. The van der Waals surface area contributed by atoms with E-state index in [0.29, 0.717) is 0 Å². The van der Waals surface area contributed by atoms with Crippen molar-refractivity contribution in [1.82, 2.24) is 4.98 Å². The highest BCUT2D eigenvalue weighted by molar-refractivity contribution is 7.92. The lowest BCUT2D eigenvalue weighted by Gasteiger charge is -2.01. The molecule has 1 rings (SSSR count). The number of halogens is 1. The lowest BCUT2D eigenvalue weighted by molar-refractivity contribution is 0.602. The average molecular weight is 190 g/mol. The summed E-state index contributed by atoms with van der Waals surface area (Å²) in [6.07, 6.45) is 2.23. The van der Waals surface area contributed by atoms with Gasteiger partial charge in [0.2, 0.25) is 10.0 Å². The number of nitrogens with zero attached hydrogens (tertiary/aromatic N) is 1. The van der Waals surface area contributed by atoms with Crippen LogP contribution in [0, 0.1) is 5.82 Å². The second-order valence-electron chi connectivity index (χ2n) is 2.21. The van der Waals surface area contributed by atoms with E-state index in [1.165, 1.54) is 12.3 Å². The van der Waals surface area contributed by atoms with E-state index in [0.717, 1.165) is 12.3 Å². The highest BCUT2D eigenvalue weighted by Gasteiger charge is 2.06. The fourth-order valence-corrected chi connectivity index (χ4v) is 1.14. The van der Waals surface area contributed by atoms with Gasteiger partial charge in [-0.25, -0.2) is 17.8 Å². The molecule has 0 aliphatic rings. The third kappa shape index (κ3) is 2.46. The van der Waals surface area contributed by atoms with E-state index >= 15 is 0 Å². The number of sulfonamides is 1. The van der Waals surface area contributed by atoms with Crippen molar-refractivity contribution < 1.29 is 12.8 Å². The molecule has 0 unspecified atom stereocenters. The zero-order valence-corrected chi connectivity index (χ0v) is 7.10. The quantitative estimate of drug-likeness (QED) is 0.742. The maximum absolute atomic E-state index is 12.7. The zero-order chi connectivity index (χ0) is 9.19. The molecule has 0 saturated carbocycles. The highest BCUT2D eigenvalue weighted by Crippen LogP contribution is 2.09. The summed E-state index contributed by atoms with van der Waals surface area (Å²) < 4.78 is 35.9. The van der Waals surface area contributed by atoms with Crippen LogP contribution in [0.3, 0.4) is 0 Å². The van der Waals surface area contributed by atoms with Gasteiger partial charge in [-0.3, -0.25) is 4.72 Å². The van der Waals surface area contributed by atoms with Gasteiger partial charge in [0.25, 0.3) is 0 Å². The predicted molar refractivity (Wildman–Crippen MR) is 42.7 cm³/mol. The number of rotatable bonds is 2. The van der Waals surface area contributed by atoms with Crippen LogP contribution >= 0.6 is 0 Å². The lowest BCUT2D eigenvalue weighted by Crippen LogP contribution is -2.11. The van der Waals surface area contributed by atoms with Crippen molar-refractivity contribution in [2.45, 2.75) is 0 Å². The minimum Gasteiger partial charge on any atom is -0.265 e. The molecular formula is C6H7FN2O2S. The average Bonchev–Trinajstić information content (AvgIpc) is 1.91. The first-order valence-corrected chi connectivity index (χ1v) is 4.96. The summed E-state index contributed by atoms with van der Waals surface area (Å²) >= 11 is 0. The Hall–Kier alpha value is -1.17. The van der Waals surface area contributed by atoms with E-state index in [9.17, 15) is 12.8 Å². The molecule has 4 nitrogen and oxygen atoms in total. The van der Waals surface area contributed by atoms with Crippen LogP contribution in [0.5, 0.6) is 0 Å². The predicted octanol–water partition coefficient (Wildman–Crippen LogP) is 0.592. The summed E-state index contributed by atoms with van der Waals surface area (Å²) in [5.41, 5.74) is 0. The standard InChI is InChI=1S/C6H7FN2O2S/c1-12(10,11)9-6-5(7)3-2-4-8-6/h2-4H,1H3,(H,8,9). The van der Waals surface area contributed by atoms with Gasteiger partial charge in [-0.05, 0) is 12.1 Å². The van der Waals surface area contributed by atoms with Crippen LogP contribution < -0.4 is 4.72 Å². The molecule has 0 fully saturated rings. The SMILES string of the molecule is CS(=O)(=O)Nc1ncccc1F. The Balaban J connectivity index is 2.98. The van der Waals surface area contributed by atoms with E-state index < -0.39 is 15.8 Å². The molecule has 12 heavy (non-hydrogen) atoms. The van der Waals surface area contributed by atoms with E-state index in [-0.39, 0.29) is 5.82 Å². The third-order valence-corrected chi connectivity index (χ3v) is 1.60. The van der Waals surface area contributed by atoms with Crippen molar-refractivity contribution in [3.63, 3.8) is 0 Å². The van der Waals surface area contributed by atoms with Gasteiger partial charge in [0, 0.05) is 6.20 Å². The summed E-state index contributed by atoms with van der Waals surface area (Å²) in [5.74, 6) is -0.970. The Bertz CT molecular complexity index is 377. The van der Waals surface area contributed by atoms with E-state index in [4.69, 9.17) is 0 Å². The topological polar surface area (TPSA) is 59.1 Å². The van der Waals surface area contributed by atoms with Crippen LogP contribution in [0.15, 0.2) is 18.3 Å². The van der Waals surface area contributed by atoms with Gasteiger partial charge in [-0.1, -0.05) is 0 Å². The van der Waals surface area contributed by atoms with E-state index in [1.807, 2.05) is 4.72 Å². The molecule has 0 saturated heterocycles. The number of hydrogen-bond donors (Lipinski definition) is 1. The molecule has 1 aromatic rings. The van der Waals surface area contributed by atoms with Crippen molar-refractivity contribution in [3.8, 4) is 0 Å². The first kappa shape index (κ1) is 8.92. The number of anilines is 1. The first-order chi connectivity index (χ1) is 5.49. The first-order valence-electron chi connectivity index (χ1n) is 3.07. The Kier molecular flexibility index (Phi) is 2.27. The second kappa shape index (κ2) is 3.06. The number of hydrogen-bond acceptors (Lipinski definition) is 3. The minimum atomic E-state index is -3.45.